The van der Waals surface area contributed by atoms with E-state index in [4.69, 9.17) is 24.4 Å². The third-order valence-corrected chi connectivity index (χ3v) is 7.17. The first-order chi connectivity index (χ1) is 14.1. The van der Waals surface area contributed by atoms with Crippen LogP contribution in [0.25, 0.3) is 0 Å². The van der Waals surface area contributed by atoms with E-state index in [0.717, 1.165) is 69.2 Å². The number of carbonyl (C=O) groups is 2. The van der Waals surface area contributed by atoms with Gasteiger partial charge in [0.25, 0.3) is 6.47 Å². The molecule has 0 spiro atoms. The second-order valence-corrected chi connectivity index (χ2v) is 8.98. The number of anilines is 1. The van der Waals surface area contributed by atoms with Crippen LogP contribution in [0.3, 0.4) is 0 Å². The van der Waals surface area contributed by atoms with E-state index < -0.39 is 0 Å². The molecule has 2 fully saturated rings. The lowest BCUT2D eigenvalue weighted by molar-refractivity contribution is -0.128. The Hall–Kier alpha value is -1.71. The molecule has 1 amide bonds. The topological polar surface area (TPSA) is 101 Å². The summed E-state index contributed by atoms with van der Waals surface area (Å²) >= 11 is 1.80. The molecule has 2 N–H and O–H groups in total. The number of thiazole rings is 1. The maximum Gasteiger partial charge on any atom is 0.290 e. The molecular formula is C20H31N3O5S. The first kappa shape index (κ1) is 22.0. The van der Waals surface area contributed by atoms with Crippen molar-refractivity contribution in [2.45, 2.75) is 50.5 Å². The number of methoxy groups -OCH3 is 1. The Kier molecular flexibility index (Phi) is 7.85. The molecule has 3 aliphatic rings. The zero-order valence-electron chi connectivity index (χ0n) is 17.0. The van der Waals surface area contributed by atoms with Crippen molar-refractivity contribution in [3.63, 3.8) is 0 Å². The Morgan fingerprint density at radius 1 is 1.41 bits per heavy atom. The lowest BCUT2D eigenvalue weighted by Gasteiger charge is -2.32. The highest BCUT2D eigenvalue weighted by molar-refractivity contribution is 7.15. The molecule has 1 aliphatic heterocycles. The number of amides is 1. The van der Waals surface area contributed by atoms with Gasteiger partial charge in [-0.15, -0.1) is 11.3 Å². The monoisotopic (exact) mass is 425 g/mol. The Morgan fingerprint density at radius 2 is 2.10 bits per heavy atom. The second-order valence-electron chi connectivity index (χ2n) is 7.92. The van der Waals surface area contributed by atoms with Crippen molar-refractivity contribution < 1.29 is 24.2 Å². The minimum absolute atomic E-state index is 0.0384. The number of ether oxygens (including phenoxy) is 2. The van der Waals surface area contributed by atoms with Gasteiger partial charge in [-0.1, -0.05) is 12.8 Å². The van der Waals surface area contributed by atoms with Gasteiger partial charge < -0.3 is 24.8 Å². The van der Waals surface area contributed by atoms with Crippen molar-refractivity contribution >= 4 is 28.8 Å². The Balaban J connectivity index is 0.000000755. The smallest absolute Gasteiger partial charge is 0.290 e. The standard InChI is InChI=1S/C19H29N3O3S.CH2O2/c1-24-13-19(6-2-3-7-19)21-17(23)14-4-5-16-15(12-14)20-18(26-16)22-8-10-25-11-9-22;2-1-3/h14H,2-13H2,1H3,(H,21,23);1H,(H,2,3). The number of nitrogens with one attached hydrogen (secondary N) is 1. The number of hydrogen-bond donors (Lipinski definition) is 2. The van der Waals surface area contributed by atoms with Crippen LogP contribution in [0.5, 0.6) is 0 Å². The molecule has 0 aromatic carbocycles. The van der Waals surface area contributed by atoms with Crippen LogP contribution < -0.4 is 10.2 Å². The summed E-state index contributed by atoms with van der Waals surface area (Å²) in [7, 11) is 1.72. The van der Waals surface area contributed by atoms with Crippen molar-refractivity contribution in [3.8, 4) is 0 Å². The predicted octanol–water partition coefficient (Wildman–Crippen LogP) is 1.86. The molecular weight excluding hydrogens is 394 g/mol. The molecule has 2 heterocycles. The Morgan fingerprint density at radius 3 is 2.76 bits per heavy atom. The second kappa shape index (κ2) is 10.4. The predicted molar refractivity (Wildman–Crippen MR) is 111 cm³/mol. The van der Waals surface area contributed by atoms with E-state index in [0.29, 0.717) is 6.61 Å². The molecule has 1 atom stereocenters. The van der Waals surface area contributed by atoms with Gasteiger partial charge in [0.1, 0.15) is 0 Å². The van der Waals surface area contributed by atoms with Gasteiger partial charge in [-0.2, -0.15) is 0 Å². The molecule has 4 rings (SSSR count). The van der Waals surface area contributed by atoms with Crippen molar-refractivity contribution in [3.05, 3.63) is 10.6 Å². The Bertz CT molecular complexity index is 684. The minimum Gasteiger partial charge on any atom is -0.483 e. The van der Waals surface area contributed by atoms with Crippen LogP contribution in [0.4, 0.5) is 5.13 Å². The highest BCUT2D eigenvalue weighted by atomic mass is 32.1. The minimum atomic E-state index is -0.250. The normalized spacial score (nSPS) is 22.9. The highest BCUT2D eigenvalue weighted by Crippen LogP contribution is 2.35. The molecule has 1 aromatic rings. The lowest BCUT2D eigenvalue weighted by Crippen LogP contribution is -2.52. The number of carboxylic acid groups (broad SMARTS) is 1. The van der Waals surface area contributed by atoms with Crippen LogP contribution in [0.15, 0.2) is 0 Å². The van der Waals surface area contributed by atoms with Crippen LogP contribution >= 0.6 is 11.3 Å². The number of rotatable bonds is 5. The number of aryl methyl sites for hydroxylation is 1. The van der Waals surface area contributed by atoms with Gasteiger partial charge in [0.2, 0.25) is 5.91 Å². The summed E-state index contributed by atoms with van der Waals surface area (Å²) in [4.78, 5) is 29.8. The summed E-state index contributed by atoms with van der Waals surface area (Å²) in [6.45, 7) is 3.74. The maximum atomic E-state index is 12.9. The summed E-state index contributed by atoms with van der Waals surface area (Å²) in [6, 6.07) is 0. The van der Waals surface area contributed by atoms with Crippen LogP contribution in [0.1, 0.15) is 42.7 Å². The van der Waals surface area contributed by atoms with E-state index in [1.165, 1.54) is 17.7 Å². The van der Waals surface area contributed by atoms with E-state index >= 15 is 0 Å². The van der Waals surface area contributed by atoms with E-state index in [1.54, 1.807) is 18.4 Å². The largest absolute Gasteiger partial charge is 0.483 e. The van der Waals surface area contributed by atoms with Crippen molar-refractivity contribution in [1.82, 2.24) is 10.3 Å². The average Bonchev–Trinajstić information content (AvgIpc) is 3.36. The van der Waals surface area contributed by atoms with Gasteiger partial charge in [-0.3, -0.25) is 9.59 Å². The summed E-state index contributed by atoms with van der Waals surface area (Å²) < 4.78 is 10.8. The number of nitrogens with zero attached hydrogens (tertiary/aromatic N) is 2. The van der Waals surface area contributed by atoms with Gasteiger partial charge in [-0.25, -0.2) is 4.98 Å². The molecule has 8 nitrogen and oxygen atoms in total. The number of fused-ring (bicyclic) bond motifs is 1. The van der Waals surface area contributed by atoms with Gasteiger partial charge in [0.05, 0.1) is 31.1 Å². The molecule has 1 aromatic heterocycles. The molecule has 0 radical (unpaired) electrons. The van der Waals surface area contributed by atoms with Crippen LogP contribution in [-0.2, 0) is 31.9 Å². The molecule has 2 aliphatic carbocycles. The van der Waals surface area contributed by atoms with E-state index in [1.807, 2.05) is 0 Å². The first-order valence-corrected chi connectivity index (χ1v) is 11.1. The van der Waals surface area contributed by atoms with E-state index in [-0.39, 0.29) is 23.8 Å². The summed E-state index contributed by atoms with van der Waals surface area (Å²) in [5, 5.41) is 11.3. The summed E-state index contributed by atoms with van der Waals surface area (Å²) in [5.74, 6) is 0.229. The molecule has 29 heavy (non-hydrogen) atoms. The van der Waals surface area contributed by atoms with E-state index in [2.05, 4.69) is 10.2 Å². The maximum absolute atomic E-state index is 12.9. The fourth-order valence-electron chi connectivity index (χ4n) is 4.48. The average molecular weight is 426 g/mol. The molecule has 1 unspecified atom stereocenters. The van der Waals surface area contributed by atoms with Crippen LogP contribution in [0, 0.1) is 5.92 Å². The third kappa shape index (κ3) is 5.46. The molecule has 162 valence electrons. The molecule has 1 saturated heterocycles. The number of carbonyl (C=O) groups excluding carboxylic acids is 1. The van der Waals surface area contributed by atoms with Crippen molar-refractivity contribution in [2.24, 2.45) is 5.92 Å². The van der Waals surface area contributed by atoms with Crippen LogP contribution in [-0.4, -0.2) is 68.0 Å². The van der Waals surface area contributed by atoms with Gasteiger partial charge in [-0.05, 0) is 25.7 Å². The fraction of sp³-hybridized carbons (Fsp3) is 0.750. The highest BCUT2D eigenvalue weighted by Gasteiger charge is 2.38. The molecule has 1 saturated carbocycles. The third-order valence-electron chi connectivity index (χ3n) is 5.95. The summed E-state index contributed by atoms with van der Waals surface area (Å²) in [6.07, 6.45) is 7.07. The molecule has 0 bridgehead atoms. The first-order valence-electron chi connectivity index (χ1n) is 10.3. The number of hydrogen-bond acceptors (Lipinski definition) is 7. The number of morpholine rings is 1. The quantitative estimate of drug-likeness (QED) is 0.695. The van der Waals surface area contributed by atoms with Gasteiger partial charge in [0.15, 0.2) is 5.13 Å². The zero-order valence-corrected chi connectivity index (χ0v) is 17.8. The molecule has 9 heteroatoms. The lowest BCUT2D eigenvalue weighted by atomic mass is 9.88. The SMILES string of the molecule is COCC1(NC(=O)C2CCc3sc(N4CCOCC4)nc3C2)CCCC1.O=CO. The van der Waals surface area contributed by atoms with E-state index in [9.17, 15) is 4.79 Å². The number of aromatic nitrogens is 1. The fourth-order valence-corrected chi connectivity index (χ4v) is 5.63. The zero-order chi connectivity index (χ0) is 20.7. The van der Waals surface area contributed by atoms with Crippen molar-refractivity contribution in [2.75, 3.05) is 44.9 Å². The van der Waals surface area contributed by atoms with Gasteiger partial charge >= 0.3 is 0 Å². The van der Waals surface area contributed by atoms with Crippen LogP contribution in [0.2, 0.25) is 0 Å². The van der Waals surface area contributed by atoms with Gasteiger partial charge in [0, 0.05) is 37.4 Å². The van der Waals surface area contributed by atoms with Crippen molar-refractivity contribution in [1.29, 1.82) is 0 Å². The Labute approximate surface area is 175 Å². The summed E-state index contributed by atoms with van der Waals surface area (Å²) in [5.41, 5.74) is 0.989.